The van der Waals surface area contributed by atoms with Crippen LogP contribution in [0, 0.1) is 13.8 Å². The lowest BCUT2D eigenvalue weighted by Gasteiger charge is -2.15. The standard InChI is InChI=1S/C17H16BrNO3/c1-10-6-7-13(8-11(10)2)17(21)22-15(16(19)20)12-4-3-5-14(18)9-12/h3-9,15H,1-2H3,(H2,19,20). The molecule has 2 aromatic rings. The predicted molar refractivity (Wildman–Crippen MR) is 87.4 cm³/mol. The fourth-order valence-corrected chi connectivity index (χ4v) is 2.42. The number of nitrogens with two attached hydrogens (primary N) is 1. The highest BCUT2D eigenvalue weighted by atomic mass is 79.9. The van der Waals surface area contributed by atoms with Crippen LogP contribution in [0.2, 0.25) is 0 Å². The Hall–Kier alpha value is -2.14. The molecule has 2 aromatic carbocycles. The summed E-state index contributed by atoms with van der Waals surface area (Å²) >= 11 is 3.32. The second-order valence-electron chi connectivity index (χ2n) is 5.04. The number of carbonyl (C=O) groups is 2. The molecule has 0 heterocycles. The molecule has 22 heavy (non-hydrogen) atoms. The van der Waals surface area contributed by atoms with Crippen molar-refractivity contribution < 1.29 is 14.3 Å². The first-order chi connectivity index (χ1) is 10.4. The number of primary amides is 1. The Balaban J connectivity index is 2.26. The molecule has 0 saturated carbocycles. The van der Waals surface area contributed by atoms with Crippen LogP contribution in [-0.2, 0) is 9.53 Å². The Bertz CT molecular complexity index is 728. The highest BCUT2D eigenvalue weighted by molar-refractivity contribution is 9.10. The van der Waals surface area contributed by atoms with E-state index in [9.17, 15) is 9.59 Å². The summed E-state index contributed by atoms with van der Waals surface area (Å²) in [6.07, 6.45) is -1.12. The van der Waals surface area contributed by atoms with Crippen molar-refractivity contribution in [1.82, 2.24) is 0 Å². The van der Waals surface area contributed by atoms with Crippen molar-refractivity contribution in [3.63, 3.8) is 0 Å². The number of carbonyl (C=O) groups excluding carboxylic acids is 2. The van der Waals surface area contributed by atoms with Crippen LogP contribution in [0.4, 0.5) is 0 Å². The number of hydrogen-bond donors (Lipinski definition) is 1. The van der Waals surface area contributed by atoms with Crippen LogP contribution in [0.1, 0.15) is 33.2 Å². The van der Waals surface area contributed by atoms with Crippen LogP contribution in [0.25, 0.3) is 0 Å². The monoisotopic (exact) mass is 361 g/mol. The number of aryl methyl sites for hydroxylation is 2. The van der Waals surface area contributed by atoms with Gasteiger partial charge >= 0.3 is 5.97 Å². The van der Waals surface area contributed by atoms with Gasteiger partial charge in [0.05, 0.1) is 5.56 Å². The lowest BCUT2D eigenvalue weighted by molar-refractivity contribution is -0.127. The molecule has 1 unspecified atom stereocenters. The summed E-state index contributed by atoms with van der Waals surface area (Å²) in [7, 11) is 0. The van der Waals surface area contributed by atoms with E-state index in [0.29, 0.717) is 11.1 Å². The van der Waals surface area contributed by atoms with Gasteiger partial charge in [-0.05, 0) is 49.2 Å². The van der Waals surface area contributed by atoms with Gasteiger partial charge in [-0.25, -0.2) is 4.79 Å². The van der Waals surface area contributed by atoms with Crippen molar-refractivity contribution in [2.24, 2.45) is 5.73 Å². The first kappa shape index (κ1) is 16.2. The third kappa shape index (κ3) is 3.74. The van der Waals surface area contributed by atoms with Crippen LogP contribution in [-0.4, -0.2) is 11.9 Å². The van der Waals surface area contributed by atoms with E-state index in [1.54, 1.807) is 30.3 Å². The maximum Gasteiger partial charge on any atom is 0.339 e. The molecule has 1 atom stereocenters. The van der Waals surface area contributed by atoms with Crippen LogP contribution in [0.5, 0.6) is 0 Å². The zero-order valence-electron chi connectivity index (χ0n) is 12.3. The third-order valence-electron chi connectivity index (χ3n) is 3.38. The first-order valence-corrected chi connectivity index (χ1v) is 7.51. The second-order valence-corrected chi connectivity index (χ2v) is 5.96. The highest BCUT2D eigenvalue weighted by Crippen LogP contribution is 2.23. The van der Waals surface area contributed by atoms with Crippen LogP contribution < -0.4 is 5.73 Å². The van der Waals surface area contributed by atoms with Crippen molar-refractivity contribution in [2.75, 3.05) is 0 Å². The largest absolute Gasteiger partial charge is 0.444 e. The van der Waals surface area contributed by atoms with Gasteiger partial charge in [-0.1, -0.05) is 34.1 Å². The Morgan fingerprint density at radius 3 is 2.41 bits per heavy atom. The van der Waals surface area contributed by atoms with Crippen LogP contribution in [0.3, 0.4) is 0 Å². The Morgan fingerprint density at radius 2 is 1.82 bits per heavy atom. The summed E-state index contributed by atoms with van der Waals surface area (Å²) in [5.41, 5.74) is 8.35. The molecule has 0 aliphatic carbocycles. The average molecular weight is 362 g/mol. The van der Waals surface area contributed by atoms with Gasteiger partial charge in [-0.2, -0.15) is 0 Å². The van der Waals surface area contributed by atoms with Crippen LogP contribution in [0.15, 0.2) is 46.9 Å². The lowest BCUT2D eigenvalue weighted by Crippen LogP contribution is -2.26. The predicted octanol–water partition coefficient (Wildman–Crippen LogP) is 3.45. The van der Waals surface area contributed by atoms with Gasteiger partial charge in [0.15, 0.2) is 0 Å². The summed E-state index contributed by atoms with van der Waals surface area (Å²) in [6, 6.07) is 12.2. The first-order valence-electron chi connectivity index (χ1n) is 6.71. The molecule has 0 aliphatic heterocycles. The molecule has 0 aromatic heterocycles. The number of esters is 1. The number of hydrogen-bond acceptors (Lipinski definition) is 3. The van der Waals surface area contributed by atoms with Gasteiger partial charge < -0.3 is 10.5 Å². The topological polar surface area (TPSA) is 69.4 Å². The zero-order chi connectivity index (χ0) is 16.3. The van der Waals surface area contributed by atoms with Gasteiger partial charge in [0.2, 0.25) is 6.10 Å². The Labute approximate surface area is 137 Å². The van der Waals surface area contributed by atoms with E-state index in [4.69, 9.17) is 10.5 Å². The molecule has 2 rings (SSSR count). The number of benzene rings is 2. The number of rotatable bonds is 4. The summed E-state index contributed by atoms with van der Waals surface area (Å²) in [6.45, 7) is 3.87. The number of ether oxygens (including phenoxy) is 1. The molecule has 4 nitrogen and oxygen atoms in total. The van der Waals surface area contributed by atoms with E-state index in [1.165, 1.54) is 0 Å². The molecular formula is C17H16BrNO3. The quantitative estimate of drug-likeness (QED) is 0.847. The molecule has 0 fully saturated rings. The minimum atomic E-state index is -1.12. The van der Waals surface area contributed by atoms with Gasteiger partial charge in [0, 0.05) is 10.0 Å². The molecule has 0 aliphatic rings. The molecule has 2 N–H and O–H groups in total. The number of amides is 1. The summed E-state index contributed by atoms with van der Waals surface area (Å²) in [5, 5.41) is 0. The van der Waals surface area contributed by atoms with Crippen molar-refractivity contribution in [1.29, 1.82) is 0 Å². The molecule has 1 amide bonds. The maximum atomic E-state index is 12.2. The van der Waals surface area contributed by atoms with Gasteiger partial charge in [-0.3, -0.25) is 4.79 Å². The van der Waals surface area contributed by atoms with Gasteiger partial charge in [0.25, 0.3) is 5.91 Å². The Kier molecular flexibility index (Phi) is 4.98. The zero-order valence-corrected chi connectivity index (χ0v) is 13.9. The van der Waals surface area contributed by atoms with Gasteiger partial charge in [-0.15, -0.1) is 0 Å². The minimum absolute atomic E-state index is 0.393. The number of halogens is 1. The van der Waals surface area contributed by atoms with E-state index in [-0.39, 0.29) is 0 Å². The minimum Gasteiger partial charge on any atom is -0.444 e. The van der Waals surface area contributed by atoms with Crippen molar-refractivity contribution in [2.45, 2.75) is 20.0 Å². The summed E-state index contributed by atoms with van der Waals surface area (Å²) < 4.78 is 6.08. The molecule has 0 saturated heterocycles. The summed E-state index contributed by atoms with van der Waals surface area (Å²) in [4.78, 5) is 23.9. The molecular weight excluding hydrogens is 346 g/mol. The van der Waals surface area contributed by atoms with E-state index >= 15 is 0 Å². The van der Waals surface area contributed by atoms with E-state index in [0.717, 1.165) is 15.6 Å². The van der Waals surface area contributed by atoms with Crippen molar-refractivity contribution >= 4 is 27.8 Å². The fourth-order valence-electron chi connectivity index (χ4n) is 2.00. The second kappa shape index (κ2) is 6.75. The normalized spacial score (nSPS) is 11.8. The molecule has 0 bridgehead atoms. The van der Waals surface area contributed by atoms with Crippen molar-refractivity contribution in [3.05, 3.63) is 69.2 Å². The van der Waals surface area contributed by atoms with E-state index in [1.807, 2.05) is 26.0 Å². The van der Waals surface area contributed by atoms with Crippen molar-refractivity contribution in [3.8, 4) is 0 Å². The fraction of sp³-hybridized carbons (Fsp3) is 0.176. The SMILES string of the molecule is Cc1ccc(C(=O)OC(C(N)=O)c2cccc(Br)c2)cc1C. The molecule has 5 heteroatoms. The highest BCUT2D eigenvalue weighted by Gasteiger charge is 2.23. The van der Waals surface area contributed by atoms with Gasteiger partial charge in [0.1, 0.15) is 0 Å². The van der Waals surface area contributed by atoms with E-state index in [2.05, 4.69) is 15.9 Å². The average Bonchev–Trinajstić information content (AvgIpc) is 2.47. The lowest BCUT2D eigenvalue weighted by atomic mass is 10.1. The molecule has 0 spiro atoms. The smallest absolute Gasteiger partial charge is 0.339 e. The summed E-state index contributed by atoms with van der Waals surface area (Å²) in [5.74, 6) is -1.29. The van der Waals surface area contributed by atoms with E-state index < -0.39 is 18.0 Å². The maximum absolute atomic E-state index is 12.2. The van der Waals surface area contributed by atoms with Crippen LogP contribution >= 0.6 is 15.9 Å². The Morgan fingerprint density at radius 1 is 1.09 bits per heavy atom. The molecule has 114 valence electrons. The third-order valence-corrected chi connectivity index (χ3v) is 3.87. The molecule has 0 radical (unpaired) electrons.